The second kappa shape index (κ2) is 14.5. The summed E-state index contributed by atoms with van der Waals surface area (Å²) in [5.74, 6) is 0. The number of para-hydroxylation sites is 3. The molecule has 292 valence electrons. The van der Waals surface area contributed by atoms with Gasteiger partial charge >= 0.3 is 0 Å². The maximum atomic E-state index is 2.41. The van der Waals surface area contributed by atoms with Gasteiger partial charge in [0.2, 0.25) is 0 Å². The summed E-state index contributed by atoms with van der Waals surface area (Å²) in [6.45, 7) is 0. The third kappa shape index (κ3) is 5.74. The Labute approximate surface area is 359 Å². The number of fused-ring (bicyclic) bond motifs is 11. The quantitative estimate of drug-likeness (QED) is 0.169. The summed E-state index contributed by atoms with van der Waals surface area (Å²) in [5, 5.41) is 10.1. The first kappa shape index (κ1) is 35.8. The molecule has 13 aromatic rings. The molecule has 13 rings (SSSR count). The van der Waals surface area contributed by atoms with Crippen molar-refractivity contribution in [1.29, 1.82) is 0 Å². The molecule has 62 heavy (non-hydrogen) atoms. The number of aryl methyl sites for hydroxylation is 1. The van der Waals surface area contributed by atoms with E-state index in [1.807, 2.05) is 36.4 Å². The van der Waals surface area contributed by atoms with Gasteiger partial charge in [0.05, 0.1) is 27.6 Å². The van der Waals surface area contributed by atoms with Crippen LogP contribution in [0.4, 0.5) is 0 Å². The number of aromatic nitrogens is 3. The van der Waals surface area contributed by atoms with Crippen LogP contribution in [0.25, 0.3) is 110 Å². The topological polar surface area (TPSA) is 14.8 Å². The van der Waals surface area contributed by atoms with E-state index < -0.39 is 0 Å². The van der Waals surface area contributed by atoms with Crippen LogP contribution in [0.15, 0.2) is 231 Å². The van der Waals surface area contributed by atoms with Gasteiger partial charge in [-0.25, -0.2) is 0 Å². The highest BCUT2D eigenvalue weighted by molar-refractivity contribution is 6.19. The van der Waals surface area contributed by atoms with Crippen molar-refractivity contribution in [2.24, 2.45) is 7.05 Å². The molecule has 0 aliphatic rings. The van der Waals surface area contributed by atoms with E-state index >= 15 is 0 Å². The molecular formula is C59H41N3. The Hall–Kier alpha value is -8.14. The largest absolute Gasteiger partial charge is 0.343 e. The van der Waals surface area contributed by atoms with Crippen LogP contribution in [-0.2, 0) is 7.05 Å². The SMILES string of the molecule is Cn1c2ccc(-c3ccc4c(c3)c3cc(-c5ccc6c7ccccc7n(-c7ccccc7)c6c5)ccc3n4-c3ccccc3)cc2c2ccc3ccccc3c21.c1ccccc1. The molecule has 0 amide bonds. The molecule has 0 unspecified atom stereocenters. The Balaban J connectivity index is 0.000000633. The molecule has 3 heteroatoms. The number of rotatable bonds is 4. The fourth-order valence-electron chi connectivity index (χ4n) is 9.81. The molecule has 0 saturated heterocycles. The average Bonchev–Trinajstić information content (AvgIpc) is 3.96. The van der Waals surface area contributed by atoms with Gasteiger partial charge in [-0.1, -0.05) is 158 Å². The van der Waals surface area contributed by atoms with Crippen LogP contribution in [0.3, 0.4) is 0 Å². The Bertz CT molecular complexity index is 3770. The van der Waals surface area contributed by atoms with Gasteiger partial charge in [-0.05, 0) is 100 Å². The number of nitrogens with zero attached hydrogens (tertiary/aromatic N) is 3. The fraction of sp³-hybridized carbons (Fsp3) is 0.0169. The van der Waals surface area contributed by atoms with E-state index in [0.717, 1.165) is 5.69 Å². The molecule has 0 saturated carbocycles. The summed E-state index contributed by atoms with van der Waals surface area (Å²) in [5.41, 5.74) is 14.5. The highest BCUT2D eigenvalue weighted by Crippen LogP contribution is 2.41. The predicted octanol–water partition coefficient (Wildman–Crippen LogP) is 15.7. The fourth-order valence-corrected chi connectivity index (χ4v) is 9.81. The van der Waals surface area contributed by atoms with Crippen LogP contribution in [-0.4, -0.2) is 13.7 Å². The summed E-state index contributed by atoms with van der Waals surface area (Å²) in [6.07, 6.45) is 0. The number of benzene rings is 10. The van der Waals surface area contributed by atoms with E-state index in [0.29, 0.717) is 0 Å². The predicted molar refractivity (Wildman–Crippen MR) is 264 cm³/mol. The van der Waals surface area contributed by atoms with Crippen molar-refractivity contribution in [2.75, 3.05) is 0 Å². The van der Waals surface area contributed by atoms with Crippen molar-refractivity contribution in [2.45, 2.75) is 0 Å². The smallest absolute Gasteiger partial charge is 0.0568 e. The summed E-state index contributed by atoms with van der Waals surface area (Å²) in [4.78, 5) is 0. The van der Waals surface area contributed by atoms with Gasteiger partial charge in [0.1, 0.15) is 0 Å². The van der Waals surface area contributed by atoms with E-state index in [1.54, 1.807) is 0 Å². The van der Waals surface area contributed by atoms with Gasteiger partial charge in [0.25, 0.3) is 0 Å². The van der Waals surface area contributed by atoms with Crippen molar-refractivity contribution in [3.63, 3.8) is 0 Å². The van der Waals surface area contributed by atoms with Gasteiger partial charge in [-0.2, -0.15) is 0 Å². The zero-order valence-electron chi connectivity index (χ0n) is 34.3. The van der Waals surface area contributed by atoms with Crippen LogP contribution in [0.1, 0.15) is 0 Å². The van der Waals surface area contributed by atoms with E-state index in [2.05, 4.69) is 215 Å². The summed E-state index contributed by atoms with van der Waals surface area (Å²) in [7, 11) is 2.19. The molecule has 3 nitrogen and oxygen atoms in total. The van der Waals surface area contributed by atoms with Gasteiger partial charge < -0.3 is 13.7 Å². The lowest BCUT2D eigenvalue weighted by Gasteiger charge is -2.10. The molecule has 0 spiro atoms. The first-order valence-electron chi connectivity index (χ1n) is 21.3. The molecule has 3 aromatic heterocycles. The van der Waals surface area contributed by atoms with Gasteiger partial charge in [0.15, 0.2) is 0 Å². The van der Waals surface area contributed by atoms with Crippen LogP contribution in [0.5, 0.6) is 0 Å². The molecule has 0 fully saturated rings. The highest BCUT2D eigenvalue weighted by Gasteiger charge is 2.18. The Morgan fingerprint density at radius 1 is 0.258 bits per heavy atom. The minimum absolute atomic E-state index is 1.16. The van der Waals surface area contributed by atoms with Crippen molar-refractivity contribution >= 4 is 76.2 Å². The van der Waals surface area contributed by atoms with Gasteiger partial charge in [0, 0.05) is 61.6 Å². The lowest BCUT2D eigenvalue weighted by Crippen LogP contribution is -1.93. The summed E-state index contributed by atoms with van der Waals surface area (Å²) < 4.78 is 7.16. The molecule has 3 heterocycles. The lowest BCUT2D eigenvalue weighted by molar-refractivity contribution is 1.02. The Morgan fingerprint density at radius 2 is 0.661 bits per heavy atom. The van der Waals surface area contributed by atoms with E-state index in [-0.39, 0.29) is 0 Å². The normalized spacial score (nSPS) is 11.6. The number of hydrogen-bond donors (Lipinski definition) is 0. The van der Waals surface area contributed by atoms with E-state index in [4.69, 9.17) is 0 Å². The molecule has 0 aliphatic carbocycles. The lowest BCUT2D eigenvalue weighted by atomic mass is 9.98. The second-order valence-corrected chi connectivity index (χ2v) is 16.2. The minimum atomic E-state index is 1.16. The standard InChI is InChI=1S/C53H35N3.C6H6/c1-54-48-27-22-35(30-45(48)44-26-20-34-12-8-9-17-41(34)53(44)54)36-23-28-50-46(31-36)47-32-37(24-29-51(47)55(50)39-13-4-2-5-14-39)38-21-25-43-42-18-10-11-19-49(42)56(52(43)33-38)40-15-6-3-7-16-40;1-2-4-6-5-3-1/h2-33H,1H3;1-6H. The monoisotopic (exact) mass is 791 g/mol. The van der Waals surface area contributed by atoms with E-state index in [1.165, 1.54) is 104 Å². The van der Waals surface area contributed by atoms with Crippen molar-refractivity contribution in [1.82, 2.24) is 13.7 Å². The van der Waals surface area contributed by atoms with Crippen molar-refractivity contribution in [3.05, 3.63) is 231 Å². The van der Waals surface area contributed by atoms with Gasteiger partial charge in [-0.15, -0.1) is 0 Å². The molecule has 0 N–H and O–H groups in total. The maximum absolute atomic E-state index is 2.41. The highest BCUT2D eigenvalue weighted by atomic mass is 15.0. The molecule has 10 aromatic carbocycles. The zero-order chi connectivity index (χ0) is 41.1. The first-order chi connectivity index (χ1) is 30.7. The van der Waals surface area contributed by atoms with Crippen molar-refractivity contribution in [3.8, 4) is 33.6 Å². The third-order valence-corrected chi connectivity index (χ3v) is 12.7. The summed E-state index contributed by atoms with van der Waals surface area (Å²) in [6, 6.07) is 83.3. The first-order valence-corrected chi connectivity index (χ1v) is 21.3. The molecule has 0 atom stereocenters. The van der Waals surface area contributed by atoms with Crippen LogP contribution >= 0.6 is 0 Å². The number of hydrogen-bond acceptors (Lipinski definition) is 0. The van der Waals surface area contributed by atoms with E-state index in [9.17, 15) is 0 Å². The Kier molecular flexibility index (Phi) is 8.39. The molecule has 0 radical (unpaired) electrons. The third-order valence-electron chi connectivity index (χ3n) is 12.7. The van der Waals surface area contributed by atoms with Crippen molar-refractivity contribution < 1.29 is 0 Å². The average molecular weight is 792 g/mol. The summed E-state index contributed by atoms with van der Waals surface area (Å²) >= 11 is 0. The maximum Gasteiger partial charge on any atom is 0.0568 e. The van der Waals surface area contributed by atoms with Crippen LogP contribution in [0, 0.1) is 0 Å². The second-order valence-electron chi connectivity index (χ2n) is 16.2. The molecular weight excluding hydrogens is 751 g/mol. The van der Waals surface area contributed by atoms with Crippen LogP contribution in [0.2, 0.25) is 0 Å². The minimum Gasteiger partial charge on any atom is -0.343 e. The molecule has 0 aliphatic heterocycles. The van der Waals surface area contributed by atoms with Crippen LogP contribution < -0.4 is 0 Å². The zero-order valence-corrected chi connectivity index (χ0v) is 34.3. The van der Waals surface area contributed by atoms with Gasteiger partial charge in [-0.3, -0.25) is 0 Å². The molecule has 0 bridgehead atoms. The Morgan fingerprint density at radius 3 is 1.27 bits per heavy atom.